The van der Waals surface area contributed by atoms with Gasteiger partial charge in [0.15, 0.2) is 0 Å². The van der Waals surface area contributed by atoms with Crippen LogP contribution in [0.1, 0.15) is 65.7 Å². The highest BCUT2D eigenvalue weighted by atomic mass is 16.5. The monoisotopic (exact) mass is 241 g/mol. The van der Waals surface area contributed by atoms with Crippen LogP contribution in [0.5, 0.6) is 0 Å². The molecule has 0 aromatic rings. The van der Waals surface area contributed by atoms with Crippen LogP contribution in [0.25, 0.3) is 0 Å². The zero-order chi connectivity index (χ0) is 12.7. The van der Waals surface area contributed by atoms with Crippen molar-refractivity contribution in [2.45, 2.75) is 77.9 Å². The minimum Gasteiger partial charge on any atom is -0.376 e. The Morgan fingerprint density at radius 1 is 1.24 bits per heavy atom. The van der Waals surface area contributed by atoms with Gasteiger partial charge < -0.3 is 10.5 Å². The van der Waals surface area contributed by atoms with Crippen molar-refractivity contribution in [3.05, 3.63) is 0 Å². The Morgan fingerprint density at radius 3 is 2.65 bits per heavy atom. The smallest absolute Gasteiger partial charge is 0.0728 e. The third-order valence-corrected chi connectivity index (χ3v) is 4.02. The highest BCUT2D eigenvalue weighted by molar-refractivity contribution is 4.83. The Balaban J connectivity index is 2.29. The first-order chi connectivity index (χ1) is 8.17. The van der Waals surface area contributed by atoms with Gasteiger partial charge in [0.05, 0.1) is 6.10 Å². The molecule has 0 bridgehead atoms. The molecular formula is C15H31NO. The Hall–Kier alpha value is -0.0800. The Morgan fingerprint density at radius 2 is 2.00 bits per heavy atom. The molecule has 0 aromatic carbocycles. The number of nitrogens with two attached hydrogens (primary N) is 1. The summed E-state index contributed by atoms with van der Waals surface area (Å²) >= 11 is 0. The first-order valence-corrected chi connectivity index (χ1v) is 7.54. The molecule has 2 heteroatoms. The number of hydrogen-bond acceptors (Lipinski definition) is 2. The fraction of sp³-hybridized carbons (Fsp3) is 1.00. The molecule has 1 aliphatic carbocycles. The number of ether oxygens (including phenoxy) is 1. The van der Waals surface area contributed by atoms with Crippen LogP contribution >= 0.6 is 0 Å². The normalized spacial score (nSPS) is 31.4. The highest BCUT2D eigenvalue weighted by Crippen LogP contribution is 2.29. The van der Waals surface area contributed by atoms with Crippen LogP contribution in [0.15, 0.2) is 0 Å². The molecule has 0 heterocycles. The summed E-state index contributed by atoms with van der Waals surface area (Å²) in [4.78, 5) is 0. The summed E-state index contributed by atoms with van der Waals surface area (Å²) in [5.74, 6) is 1.53. The van der Waals surface area contributed by atoms with Crippen LogP contribution in [-0.4, -0.2) is 18.8 Å². The van der Waals surface area contributed by atoms with Gasteiger partial charge in [-0.1, -0.05) is 40.0 Å². The Labute approximate surface area is 107 Å². The lowest BCUT2D eigenvalue weighted by atomic mass is 9.82. The van der Waals surface area contributed by atoms with Crippen LogP contribution in [0.4, 0.5) is 0 Å². The Kier molecular flexibility index (Phi) is 7.14. The summed E-state index contributed by atoms with van der Waals surface area (Å²) < 4.78 is 6.06. The lowest BCUT2D eigenvalue weighted by Gasteiger charge is -2.34. The van der Waals surface area contributed by atoms with Crippen LogP contribution in [-0.2, 0) is 4.74 Å². The zero-order valence-electron chi connectivity index (χ0n) is 12.0. The maximum Gasteiger partial charge on any atom is 0.0728 e. The molecule has 0 aromatic heterocycles. The zero-order valence-corrected chi connectivity index (χ0v) is 12.0. The number of hydrogen-bond donors (Lipinski definition) is 1. The van der Waals surface area contributed by atoms with Crippen molar-refractivity contribution < 1.29 is 4.74 Å². The lowest BCUT2D eigenvalue weighted by Crippen LogP contribution is -2.42. The summed E-state index contributed by atoms with van der Waals surface area (Å²) in [7, 11) is 0. The van der Waals surface area contributed by atoms with Gasteiger partial charge in [0.25, 0.3) is 0 Å². The second kappa shape index (κ2) is 8.10. The summed E-state index contributed by atoms with van der Waals surface area (Å²) in [6, 6.07) is 0.275. The highest BCUT2D eigenvalue weighted by Gasteiger charge is 2.28. The minimum absolute atomic E-state index is 0.275. The van der Waals surface area contributed by atoms with Gasteiger partial charge in [0.2, 0.25) is 0 Å². The topological polar surface area (TPSA) is 35.2 Å². The standard InChI is InChI=1S/C15H31NO/c1-4-6-12(3)11-17-15-10-13(7-5-2)8-9-14(15)16/h12-15H,4-11,16H2,1-3H3. The van der Waals surface area contributed by atoms with E-state index in [9.17, 15) is 0 Å². The largest absolute Gasteiger partial charge is 0.376 e. The van der Waals surface area contributed by atoms with Gasteiger partial charge in [-0.15, -0.1) is 0 Å². The third-order valence-electron chi connectivity index (χ3n) is 4.02. The second-order valence-electron chi connectivity index (χ2n) is 5.90. The van der Waals surface area contributed by atoms with E-state index in [4.69, 9.17) is 10.5 Å². The summed E-state index contributed by atoms with van der Waals surface area (Å²) in [6.07, 6.45) is 9.11. The van der Waals surface area contributed by atoms with Crippen LogP contribution < -0.4 is 5.73 Å². The van der Waals surface area contributed by atoms with Gasteiger partial charge in [-0.2, -0.15) is 0 Å². The maximum absolute atomic E-state index is 6.17. The van der Waals surface area contributed by atoms with Crippen LogP contribution in [0.2, 0.25) is 0 Å². The van der Waals surface area contributed by atoms with Gasteiger partial charge in [-0.05, 0) is 37.5 Å². The van der Waals surface area contributed by atoms with E-state index in [0.717, 1.165) is 18.9 Å². The molecule has 2 N–H and O–H groups in total. The molecule has 4 atom stereocenters. The molecule has 17 heavy (non-hydrogen) atoms. The predicted octanol–water partition coefficient (Wildman–Crippen LogP) is 3.74. The van der Waals surface area contributed by atoms with E-state index in [1.807, 2.05) is 0 Å². The van der Waals surface area contributed by atoms with E-state index in [-0.39, 0.29) is 6.04 Å². The molecule has 0 saturated heterocycles. The van der Waals surface area contributed by atoms with Crippen molar-refractivity contribution in [1.82, 2.24) is 0 Å². The maximum atomic E-state index is 6.17. The SMILES string of the molecule is CCCC(C)COC1CC(CCC)CCC1N. The van der Waals surface area contributed by atoms with Crippen molar-refractivity contribution >= 4 is 0 Å². The van der Waals surface area contributed by atoms with E-state index in [1.165, 1.54) is 38.5 Å². The fourth-order valence-corrected chi connectivity index (χ4v) is 2.96. The molecular weight excluding hydrogens is 210 g/mol. The molecule has 102 valence electrons. The Bertz CT molecular complexity index is 195. The molecule has 0 amide bonds. The van der Waals surface area contributed by atoms with Gasteiger partial charge >= 0.3 is 0 Å². The van der Waals surface area contributed by atoms with Crippen molar-refractivity contribution in [3.8, 4) is 0 Å². The molecule has 2 nitrogen and oxygen atoms in total. The summed E-state index contributed by atoms with van der Waals surface area (Å²) in [5.41, 5.74) is 6.17. The first kappa shape index (κ1) is 15.0. The molecule has 0 spiro atoms. The van der Waals surface area contributed by atoms with Crippen molar-refractivity contribution in [1.29, 1.82) is 0 Å². The van der Waals surface area contributed by atoms with E-state index in [1.54, 1.807) is 0 Å². The summed E-state index contributed by atoms with van der Waals surface area (Å²) in [5, 5.41) is 0. The molecule has 0 radical (unpaired) electrons. The minimum atomic E-state index is 0.275. The first-order valence-electron chi connectivity index (χ1n) is 7.54. The predicted molar refractivity (Wildman–Crippen MR) is 74.0 cm³/mol. The third kappa shape index (κ3) is 5.39. The van der Waals surface area contributed by atoms with Crippen molar-refractivity contribution in [3.63, 3.8) is 0 Å². The summed E-state index contributed by atoms with van der Waals surface area (Å²) in [6.45, 7) is 7.68. The van der Waals surface area contributed by atoms with Crippen molar-refractivity contribution in [2.75, 3.05) is 6.61 Å². The van der Waals surface area contributed by atoms with Gasteiger partial charge in [-0.3, -0.25) is 0 Å². The van der Waals surface area contributed by atoms with E-state index < -0.39 is 0 Å². The van der Waals surface area contributed by atoms with Crippen LogP contribution in [0, 0.1) is 11.8 Å². The molecule has 1 rings (SSSR count). The molecule has 1 aliphatic rings. The molecule has 1 saturated carbocycles. The van der Waals surface area contributed by atoms with Gasteiger partial charge in [-0.25, -0.2) is 0 Å². The molecule has 1 fully saturated rings. The van der Waals surface area contributed by atoms with Crippen LogP contribution in [0.3, 0.4) is 0 Å². The van der Waals surface area contributed by atoms with E-state index >= 15 is 0 Å². The van der Waals surface area contributed by atoms with E-state index in [0.29, 0.717) is 12.0 Å². The lowest BCUT2D eigenvalue weighted by molar-refractivity contribution is -0.0168. The van der Waals surface area contributed by atoms with Crippen molar-refractivity contribution in [2.24, 2.45) is 17.6 Å². The van der Waals surface area contributed by atoms with E-state index in [2.05, 4.69) is 20.8 Å². The quantitative estimate of drug-likeness (QED) is 0.737. The van der Waals surface area contributed by atoms with Gasteiger partial charge in [0.1, 0.15) is 0 Å². The average Bonchev–Trinajstić information content (AvgIpc) is 2.30. The average molecular weight is 241 g/mol. The molecule has 4 unspecified atom stereocenters. The number of rotatable bonds is 7. The fourth-order valence-electron chi connectivity index (χ4n) is 2.96. The second-order valence-corrected chi connectivity index (χ2v) is 5.90. The molecule has 0 aliphatic heterocycles. The van der Waals surface area contributed by atoms with Gasteiger partial charge in [0, 0.05) is 12.6 Å².